The minimum absolute atomic E-state index is 0.0705. The van der Waals surface area contributed by atoms with Gasteiger partial charge in [0.1, 0.15) is 5.75 Å². The number of hydrogen-bond donors (Lipinski definition) is 1. The Bertz CT molecular complexity index is 409. The summed E-state index contributed by atoms with van der Waals surface area (Å²) < 4.78 is 11.3. The van der Waals surface area contributed by atoms with Crippen molar-refractivity contribution in [2.24, 2.45) is 0 Å². The van der Waals surface area contributed by atoms with Crippen LogP contribution in [-0.4, -0.2) is 26.2 Å². The number of benzene rings is 1. The van der Waals surface area contributed by atoms with Gasteiger partial charge in [-0.25, -0.2) is 4.79 Å². The number of rotatable bonds is 6. The predicted molar refractivity (Wildman–Crippen MR) is 73.7 cm³/mol. The first-order valence-electron chi connectivity index (χ1n) is 5.83. The molecule has 0 aromatic heterocycles. The molecule has 5 heteroatoms. The highest BCUT2D eigenvalue weighted by molar-refractivity contribution is 9.10. The van der Waals surface area contributed by atoms with E-state index in [0.29, 0.717) is 12.4 Å². The number of hydrogen-bond acceptors (Lipinski definition) is 4. The van der Waals surface area contributed by atoms with E-state index in [1.165, 1.54) is 0 Å². The van der Waals surface area contributed by atoms with Crippen LogP contribution in [0.1, 0.15) is 25.5 Å². The van der Waals surface area contributed by atoms with E-state index in [1.807, 2.05) is 32.2 Å². The molecule has 100 valence electrons. The second kappa shape index (κ2) is 7.38. The zero-order chi connectivity index (χ0) is 13.5. The van der Waals surface area contributed by atoms with E-state index in [0.717, 1.165) is 10.0 Å². The third-order valence-electron chi connectivity index (χ3n) is 2.52. The van der Waals surface area contributed by atoms with Crippen LogP contribution in [0.4, 0.5) is 0 Å². The van der Waals surface area contributed by atoms with Crippen molar-refractivity contribution in [3.63, 3.8) is 0 Å². The van der Waals surface area contributed by atoms with E-state index in [-0.39, 0.29) is 18.6 Å². The Kier molecular flexibility index (Phi) is 6.15. The van der Waals surface area contributed by atoms with Gasteiger partial charge in [0.25, 0.3) is 0 Å². The first-order chi connectivity index (χ1) is 8.58. The van der Waals surface area contributed by atoms with Gasteiger partial charge in [0.15, 0.2) is 6.61 Å². The molecule has 0 saturated heterocycles. The molecular formula is C13H18BrNO3. The van der Waals surface area contributed by atoms with Crippen molar-refractivity contribution < 1.29 is 14.3 Å². The third kappa shape index (κ3) is 4.31. The van der Waals surface area contributed by atoms with Crippen LogP contribution in [0.2, 0.25) is 0 Å². The van der Waals surface area contributed by atoms with Gasteiger partial charge in [0, 0.05) is 16.1 Å². The average Bonchev–Trinajstić information content (AvgIpc) is 2.36. The van der Waals surface area contributed by atoms with Crippen LogP contribution < -0.4 is 10.1 Å². The molecule has 1 aromatic rings. The van der Waals surface area contributed by atoms with Crippen molar-refractivity contribution in [2.75, 3.05) is 20.3 Å². The Hall–Kier alpha value is -1.07. The summed E-state index contributed by atoms with van der Waals surface area (Å²) in [5.41, 5.74) is 0.996. The molecule has 1 rings (SSSR count). The third-order valence-corrected chi connectivity index (χ3v) is 3.02. The highest BCUT2D eigenvalue weighted by Crippen LogP contribution is 2.28. The SMILES string of the molecule is CCOC(=O)COc1ccc(Br)cc1C(C)NC. The summed E-state index contributed by atoms with van der Waals surface area (Å²) in [7, 11) is 1.88. The second-order valence-corrected chi connectivity index (χ2v) is 4.70. The molecule has 0 bridgehead atoms. The number of halogens is 1. The Labute approximate surface area is 116 Å². The van der Waals surface area contributed by atoms with Crippen LogP contribution in [0.3, 0.4) is 0 Å². The fourth-order valence-corrected chi connectivity index (χ4v) is 1.86. The maximum atomic E-state index is 11.3. The van der Waals surface area contributed by atoms with Crippen molar-refractivity contribution in [2.45, 2.75) is 19.9 Å². The van der Waals surface area contributed by atoms with Gasteiger partial charge in [-0.2, -0.15) is 0 Å². The summed E-state index contributed by atoms with van der Waals surface area (Å²) >= 11 is 3.42. The molecule has 4 nitrogen and oxygen atoms in total. The maximum absolute atomic E-state index is 11.3. The Balaban J connectivity index is 2.78. The van der Waals surface area contributed by atoms with Crippen molar-refractivity contribution in [3.8, 4) is 5.75 Å². The average molecular weight is 316 g/mol. The lowest BCUT2D eigenvalue weighted by atomic mass is 10.1. The van der Waals surface area contributed by atoms with Crippen molar-refractivity contribution >= 4 is 21.9 Å². The largest absolute Gasteiger partial charge is 0.482 e. The maximum Gasteiger partial charge on any atom is 0.344 e. The smallest absolute Gasteiger partial charge is 0.344 e. The predicted octanol–water partition coefficient (Wildman–Crippen LogP) is 2.67. The van der Waals surface area contributed by atoms with Crippen LogP contribution in [0, 0.1) is 0 Å². The lowest BCUT2D eigenvalue weighted by Gasteiger charge is -2.16. The van der Waals surface area contributed by atoms with Crippen LogP contribution in [-0.2, 0) is 9.53 Å². The summed E-state index contributed by atoms with van der Waals surface area (Å²) in [4.78, 5) is 11.3. The zero-order valence-corrected chi connectivity index (χ0v) is 12.4. The number of carbonyl (C=O) groups excluding carboxylic acids is 1. The van der Waals surface area contributed by atoms with Gasteiger partial charge in [-0.3, -0.25) is 0 Å². The molecule has 1 N–H and O–H groups in total. The summed E-state index contributed by atoms with van der Waals surface area (Å²) in [6.45, 7) is 4.09. The number of esters is 1. The molecule has 0 spiro atoms. The van der Waals surface area contributed by atoms with Gasteiger partial charge in [-0.1, -0.05) is 15.9 Å². The lowest BCUT2D eigenvalue weighted by molar-refractivity contribution is -0.145. The molecule has 1 atom stereocenters. The summed E-state index contributed by atoms with van der Waals surface area (Å²) in [6, 6.07) is 5.83. The Morgan fingerprint density at radius 2 is 2.22 bits per heavy atom. The Morgan fingerprint density at radius 1 is 1.50 bits per heavy atom. The molecule has 0 saturated carbocycles. The van der Waals surface area contributed by atoms with E-state index in [9.17, 15) is 4.79 Å². The first kappa shape index (κ1) is 15.0. The number of ether oxygens (including phenoxy) is 2. The molecular weight excluding hydrogens is 298 g/mol. The van der Waals surface area contributed by atoms with Crippen LogP contribution >= 0.6 is 15.9 Å². The highest BCUT2D eigenvalue weighted by atomic mass is 79.9. The lowest BCUT2D eigenvalue weighted by Crippen LogP contribution is -2.18. The molecule has 0 aliphatic rings. The molecule has 0 radical (unpaired) electrons. The number of carbonyl (C=O) groups is 1. The van der Waals surface area contributed by atoms with E-state index in [2.05, 4.69) is 21.2 Å². The van der Waals surface area contributed by atoms with Gasteiger partial charge < -0.3 is 14.8 Å². The van der Waals surface area contributed by atoms with Gasteiger partial charge >= 0.3 is 5.97 Å². The van der Waals surface area contributed by atoms with E-state index in [1.54, 1.807) is 6.92 Å². The summed E-state index contributed by atoms with van der Waals surface area (Å²) in [5, 5.41) is 3.14. The van der Waals surface area contributed by atoms with Gasteiger partial charge in [0.05, 0.1) is 6.61 Å². The van der Waals surface area contributed by atoms with Gasteiger partial charge in [-0.05, 0) is 39.1 Å². The first-order valence-corrected chi connectivity index (χ1v) is 6.63. The second-order valence-electron chi connectivity index (χ2n) is 3.79. The van der Waals surface area contributed by atoms with Crippen molar-refractivity contribution in [1.82, 2.24) is 5.32 Å². The molecule has 1 unspecified atom stereocenters. The standard InChI is InChI=1S/C13H18BrNO3/c1-4-17-13(16)8-18-12-6-5-10(14)7-11(12)9(2)15-3/h5-7,9,15H,4,8H2,1-3H3. The molecule has 0 fully saturated rings. The zero-order valence-electron chi connectivity index (χ0n) is 10.8. The molecule has 0 aliphatic heterocycles. The van der Waals surface area contributed by atoms with Crippen LogP contribution in [0.15, 0.2) is 22.7 Å². The summed E-state index contributed by atoms with van der Waals surface area (Å²) in [5.74, 6) is 0.330. The molecule has 18 heavy (non-hydrogen) atoms. The molecule has 0 aliphatic carbocycles. The normalized spacial score (nSPS) is 12.0. The minimum Gasteiger partial charge on any atom is -0.482 e. The van der Waals surface area contributed by atoms with Crippen LogP contribution in [0.5, 0.6) is 5.75 Å². The van der Waals surface area contributed by atoms with E-state index < -0.39 is 0 Å². The monoisotopic (exact) mass is 315 g/mol. The molecule has 0 heterocycles. The topological polar surface area (TPSA) is 47.6 Å². The fraction of sp³-hybridized carbons (Fsp3) is 0.462. The summed E-state index contributed by atoms with van der Waals surface area (Å²) in [6.07, 6.45) is 0. The molecule has 1 aromatic carbocycles. The fourth-order valence-electron chi connectivity index (χ4n) is 1.48. The Morgan fingerprint density at radius 3 is 2.83 bits per heavy atom. The minimum atomic E-state index is -0.358. The van der Waals surface area contributed by atoms with Crippen molar-refractivity contribution in [1.29, 1.82) is 0 Å². The van der Waals surface area contributed by atoms with Gasteiger partial charge in [-0.15, -0.1) is 0 Å². The van der Waals surface area contributed by atoms with Crippen molar-refractivity contribution in [3.05, 3.63) is 28.2 Å². The molecule has 0 amide bonds. The quantitative estimate of drug-likeness (QED) is 0.820. The number of nitrogens with one attached hydrogen (secondary N) is 1. The van der Waals surface area contributed by atoms with E-state index >= 15 is 0 Å². The van der Waals surface area contributed by atoms with Gasteiger partial charge in [0.2, 0.25) is 0 Å². The van der Waals surface area contributed by atoms with E-state index in [4.69, 9.17) is 9.47 Å². The van der Waals surface area contributed by atoms with Crippen LogP contribution in [0.25, 0.3) is 0 Å². The highest BCUT2D eigenvalue weighted by Gasteiger charge is 2.12.